The van der Waals surface area contributed by atoms with Gasteiger partial charge in [0.15, 0.2) is 0 Å². The zero-order chi connectivity index (χ0) is 13.2. The SMILES string of the molecule is C=CC.C=CC.CCCCCCCC(=O)O. The Hall–Kier alpha value is -1.05. The number of hydrogen-bond donors (Lipinski definition) is 1. The first-order valence-electron chi connectivity index (χ1n) is 5.96. The molecule has 0 aliphatic heterocycles. The van der Waals surface area contributed by atoms with Gasteiger partial charge in [0, 0.05) is 6.42 Å². The van der Waals surface area contributed by atoms with E-state index in [0.29, 0.717) is 6.42 Å². The fraction of sp³-hybridized carbons (Fsp3) is 0.643. The highest BCUT2D eigenvalue weighted by Gasteiger charge is 1.94. The molecule has 0 aromatic rings. The Labute approximate surface area is 101 Å². The Balaban J connectivity index is -0.000000235. The average molecular weight is 228 g/mol. The quantitative estimate of drug-likeness (QED) is 0.523. The van der Waals surface area contributed by atoms with Crippen LogP contribution in [-0.4, -0.2) is 11.1 Å². The van der Waals surface area contributed by atoms with E-state index in [1.54, 1.807) is 12.2 Å². The molecule has 0 aliphatic carbocycles. The number of aliphatic carboxylic acids is 1. The molecule has 1 N–H and O–H groups in total. The van der Waals surface area contributed by atoms with E-state index in [-0.39, 0.29) is 0 Å². The molecule has 0 rings (SSSR count). The molecule has 16 heavy (non-hydrogen) atoms. The van der Waals surface area contributed by atoms with Crippen molar-refractivity contribution in [3.8, 4) is 0 Å². The minimum absolute atomic E-state index is 0.337. The van der Waals surface area contributed by atoms with Crippen LogP contribution in [0.2, 0.25) is 0 Å². The summed E-state index contributed by atoms with van der Waals surface area (Å²) in [6.45, 7) is 12.6. The number of carboxylic acid groups (broad SMARTS) is 1. The first kappa shape index (κ1) is 20.4. The van der Waals surface area contributed by atoms with Crippen LogP contribution in [0.4, 0.5) is 0 Å². The third kappa shape index (κ3) is 52.2. The van der Waals surface area contributed by atoms with Crippen LogP contribution in [0.15, 0.2) is 25.3 Å². The maximum Gasteiger partial charge on any atom is 0.303 e. The van der Waals surface area contributed by atoms with Gasteiger partial charge >= 0.3 is 5.97 Å². The molecule has 0 saturated heterocycles. The Morgan fingerprint density at radius 3 is 1.75 bits per heavy atom. The molecular formula is C14H28O2. The smallest absolute Gasteiger partial charge is 0.303 e. The zero-order valence-electron chi connectivity index (χ0n) is 11.2. The number of hydrogen-bond acceptors (Lipinski definition) is 1. The van der Waals surface area contributed by atoms with Gasteiger partial charge in [-0.1, -0.05) is 44.8 Å². The van der Waals surface area contributed by atoms with E-state index in [2.05, 4.69) is 20.1 Å². The van der Waals surface area contributed by atoms with Crippen molar-refractivity contribution >= 4 is 5.97 Å². The monoisotopic (exact) mass is 228 g/mol. The zero-order valence-corrected chi connectivity index (χ0v) is 11.2. The first-order valence-corrected chi connectivity index (χ1v) is 5.96. The molecule has 0 radical (unpaired) electrons. The number of unbranched alkanes of at least 4 members (excludes halogenated alkanes) is 4. The normalized spacial score (nSPS) is 7.69. The lowest BCUT2D eigenvalue weighted by Crippen LogP contribution is -1.93. The Morgan fingerprint density at radius 2 is 1.44 bits per heavy atom. The van der Waals surface area contributed by atoms with E-state index in [0.717, 1.165) is 12.8 Å². The molecule has 0 heterocycles. The van der Waals surface area contributed by atoms with Crippen molar-refractivity contribution in [2.45, 2.75) is 59.3 Å². The second-order valence-corrected chi connectivity index (χ2v) is 3.37. The van der Waals surface area contributed by atoms with Crippen molar-refractivity contribution in [2.75, 3.05) is 0 Å². The van der Waals surface area contributed by atoms with Gasteiger partial charge in [-0.25, -0.2) is 0 Å². The van der Waals surface area contributed by atoms with E-state index < -0.39 is 5.97 Å². The minimum Gasteiger partial charge on any atom is -0.481 e. The third-order valence-electron chi connectivity index (χ3n) is 1.49. The maximum atomic E-state index is 10.0. The number of allylic oxidation sites excluding steroid dienone is 2. The van der Waals surface area contributed by atoms with Crippen LogP contribution >= 0.6 is 0 Å². The third-order valence-corrected chi connectivity index (χ3v) is 1.49. The topological polar surface area (TPSA) is 37.3 Å². The molecule has 0 saturated carbocycles. The van der Waals surface area contributed by atoms with E-state index in [4.69, 9.17) is 5.11 Å². The van der Waals surface area contributed by atoms with Gasteiger partial charge in [0.05, 0.1) is 0 Å². The van der Waals surface area contributed by atoms with Crippen molar-refractivity contribution in [1.29, 1.82) is 0 Å². The Kier molecular flexibility index (Phi) is 30.1. The second kappa shape index (κ2) is 23.6. The highest BCUT2D eigenvalue weighted by atomic mass is 16.4. The summed E-state index contributed by atoms with van der Waals surface area (Å²) in [4.78, 5) is 10.0. The lowest BCUT2D eigenvalue weighted by atomic mass is 10.1. The fourth-order valence-electron chi connectivity index (χ4n) is 0.880. The first-order chi connectivity index (χ1) is 7.60. The average Bonchev–Trinajstić information content (AvgIpc) is 2.19. The molecule has 0 bridgehead atoms. The molecule has 2 nitrogen and oxygen atoms in total. The second-order valence-electron chi connectivity index (χ2n) is 3.37. The largest absolute Gasteiger partial charge is 0.481 e. The molecule has 0 fully saturated rings. The summed E-state index contributed by atoms with van der Waals surface area (Å²) in [5, 5.41) is 8.27. The van der Waals surface area contributed by atoms with Gasteiger partial charge in [-0.3, -0.25) is 4.79 Å². The molecule has 0 spiro atoms. The van der Waals surface area contributed by atoms with Gasteiger partial charge < -0.3 is 5.11 Å². The number of carbonyl (C=O) groups is 1. The summed E-state index contributed by atoms with van der Waals surface area (Å²) in [5.41, 5.74) is 0. The highest BCUT2D eigenvalue weighted by molar-refractivity contribution is 5.66. The summed E-state index contributed by atoms with van der Waals surface area (Å²) in [7, 11) is 0. The van der Waals surface area contributed by atoms with Crippen molar-refractivity contribution in [3.63, 3.8) is 0 Å². The molecule has 0 aliphatic rings. The van der Waals surface area contributed by atoms with Crippen LogP contribution in [0.1, 0.15) is 59.3 Å². The van der Waals surface area contributed by atoms with Gasteiger partial charge in [-0.2, -0.15) is 0 Å². The van der Waals surface area contributed by atoms with Crippen molar-refractivity contribution in [3.05, 3.63) is 25.3 Å². The van der Waals surface area contributed by atoms with Crippen LogP contribution in [0.5, 0.6) is 0 Å². The standard InChI is InChI=1S/C8H16O2.2C3H6/c1-2-3-4-5-6-7-8(9)10;2*1-3-2/h2-7H2,1H3,(H,9,10);2*3H,1H2,2H3. The lowest BCUT2D eigenvalue weighted by molar-refractivity contribution is -0.137. The van der Waals surface area contributed by atoms with Gasteiger partial charge in [0.25, 0.3) is 0 Å². The molecule has 0 aromatic carbocycles. The van der Waals surface area contributed by atoms with Gasteiger partial charge in [-0.05, 0) is 20.3 Å². The maximum absolute atomic E-state index is 10.0. The Bertz CT molecular complexity index is 145. The van der Waals surface area contributed by atoms with Crippen molar-refractivity contribution in [2.24, 2.45) is 0 Å². The van der Waals surface area contributed by atoms with Crippen molar-refractivity contribution < 1.29 is 9.90 Å². The number of carboxylic acids is 1. The molecule has 96 valence electrons. The predicted molar refractivity (Wildman–Crippen MR) is 72.8 cm³/mol. The van der Waals surface area contributed by atoms with E-state index in [9.17, 15) is 4.79 Å². The predicted octanol–water partition coefficient (Wildman–Crippen LogP) is 4.82. The molecular weight excluding hydrogens is 200 g/mol. The van der Waals surface area contributed by atoms with Crippen LogP contribution in [0.3, 0.4) is 0 Å². The Morgan fingerprint density at radius 1 is 1.06 bits per heavy atom. The molecule has 0 amide bonds. The summed E-state index contributed by atoms with van der Waals surface area (Å²) < 4.78 is 0. The van der Waals surface area contributed by atoms with Crippen molar-refractivity contribution in [1.82, 2.24) is 0 Å². The summed E-state index contributed by atoms with van der Waals surface area (Å²) in [6, 6.07) is 0. The van der Waals surface area contributed by atoms with E-state index in [1.807, 2.05) is 13.8 Å². The summed E-state index contributed by atoms with van der Waals surface area (Å²) in [5.74, 6) is -0.670. The molecule has 0 atom stereocenters. The van der Waals surface area contributed by atoms with Crippen LogP contribution in [0, 0.1) is 0 Å². The fourth-order valence-corrected chi connectivity index (χ4v) is 0.880. The van der Waals surface area contributed by atoms with E-state index >= 15 is 0 Å². The van der Waals surface area contributed by atoms with Crippen LogP contribution in [0.25, 0.3) is 0 Å². The minimum atomic E-state index is -0.670. The van der Waals surface area contributed by atoms with Crippen LogP contribution < -0.4 is 0 Å². The summed E-state index contributed by atoms with van der Waals surface area (Å²) >= 11 is 0. The van der Waals surface area contributed by atoms with E-state index in [1.165, 1.54) is 19.3 Å². The molecule has 2 heteroatoms. The van der Waals surface area contributed by atoms with Crippen LogP contribution in [-0.2, 0) is 4.79 Å². The summed E-state index contributed by atoms with van der Waals surface area (Å²) in [6.07, 6.45) is 9.38. The van der Waals surface area contributed by atoms with Gasteiger partial charge in [-0.15, -0.1) is 13.2 Å². The molecule has 0 aromatic heterocycles. The highest BCUT2D eigenvalue weighted by Crippen LogP contribution is 2.04. The lowest BCUT2D eigenvalue weighted by Gasteiger charge is -1.95. The number of rotatable bonds is 6. The van der Waals surface area contributed by atoms with Gasteiger partial charge in [0.1, 0.15) is 0 Å². The molecule has 0 unspecified atom stereocenters. The van der Waals surface area contributed by atoms with Gasteiger partial charge in [0.2, 0.25) is 0 Å².